The van der Waals surface area contributed by atoms with E-state index < -0.39 is 5.60 Å². The van der Waals surface area contributed by atoms with E-state index in [1.165, 1.54) is 0 Å². The van der Waals surface area contributed by atoms with Crippen molar-refractivity contribution in [3.63, 3.8) is 0 Å². The molecule has 1 heterocycles. The van der Waals surface area contributed by atoms with Gasteiger partial charge in [-0.05, 0) is 25.0 Å². The second-order valence-corrected chi connectivity index (χ2v) is 5.91. The number of hydrogen-bond donors (Lipinski definition) is 2. The van der Waals surface area contributed by atoms with Gasteiger partial charge in [-0.25, -0.2) is 0 Å². The van der Waals surface area contributed by atoms with Crippen molar-refractivity contribution in [3.05, 3.63) is 36.7 Å². The van der Waals surface area contributed by atoms with Crippen molar-refractivity contribution < 1.29 is 9.90 Å². The Hall–Kier alpha value is -1.94. The van der Waals surface area contributed by atoms with Crippen LogP contribution in [-0.4, -0.2) is 21.6 Å². The number of aromatic nitrogens is 1. The molecule has 4 heteroatoms. The molecular formula is C17H20N2O2. The molecule has 1 amide bonds. The number of amides is 1. The van der Waals surface area contributed by atoms with Gasteiger partial charge in [-0.2, -0.15) is 0 Å². The Balaban J connectivity index is 1.74. The van der Waals surface area contributed by atoms with Crippen molar-refractivity contribution in [2.24, 2.45) is 0 Å². The molecule has 0 bridgehead atoms. The van der Waals surface area contributed by atoms with Gasteiger partial charge in [0, 0.05) is 28.9 Å². The molecule has 4 nitrogen and oxygen atoms in total. The van der Waals surface area contributed by atoms with Gasteiger partial charge >= 0.3 is 0 Å². The van der Waals surface area contributed by atoms with Crippen LogP contribution in [0.3, 0.4) is 0 Å². The van der Waals surface area contributed by atoms with Crippen molar-refractivity contribution in [3.8, 4) is 0 Å². The van der Waals surface area contributed by atoms with Crippen molar-refractivity contribution in [2.75, 3.05) is 5.32 Å². The molecule has 0 radical (unpaired) electrons. The molecule has 0 aliphatic heterocycles. The molecule has 1 aliphatic rings. The summed E-state index contributed by atoms with van der Waals surface area (Å²) in [6, 6.07) is 7.63. The maximum absolute atomic E-state index is 12.2. The van der Waals surface area contributed by atoms with Gasteiger partial charge in [-0.15, -0.1) is 0 Å². The molecule has 21 heavy (non-hydrogen) atoms. The second-order valence-electron chi connectivity index (χ2n) is 5.91. The summed E-state index contributed by atoms with van der Waals surface area (Å²) in [4.78, 5) is 16.3. The van der Waals surface area contributed by atoms with Crippen molar-refractivity contribution in [1.82, 2.24) is 4.98 Å². The van der Waals surface area contributed by atoms with Crippen LogP contribution in [0.5, 0.6) is 0 Å². The number of fused-ring (bicyclic) bond motifs is 1. The van der Waals surface area contributed by atoms with Gasteiger partial charge < -0.3 is 10.4 Å². The van der Waals surface area contributed by atoms with Crippen LogP contribution >= 0.6 is 0 Å². The molecule has 0 saturated heterocycles. The quantitative estimate of drug-likeness (QED) is 0.909. The monoisotopic (exact) mass is 284 g/mol. The lowest BCUT2D eigenvalue weighted by molar-refractivity contribution is -0.122. The topological polar surface area (TPSA) is 62.2 Å². The Labute approximate surface area is 124 Å². The lowest BCUT2D eigenvalue weighted by Crippen LogP contribution is -2.35. The van der Waals surface area contributed by atoms with Crippen LogP contribution in [0.15, 0.2) is 36.7 Å². The Morgan fingerprint density at radius 2 is 2.05 bits per heavy atom. The molecule has 2 N–H and O–H groups in total. The van der Waals surface area contributed by atoms with Crippen LogP contribution in [-0.2, 0) is 4.79 Å². The second kappa shape index (κ2) is 5.82. The third-order valence-electron chi connectivity index (χ3n) is 4.23. The Morgan fingerprint density at radius 1 is 1.24 bits per heavy atom. The van der Waals surface area contributed by atoms with E-state index in [1.54, 1.807) is 12.4 Å². The standard InChI is InChI=1S/C17H20N2O2/c20-16(11-17(21)8-2-1-3-9-17)19-15-6-4-5-13-12-18-10-7-14(13)15/h4-7,10,12,21H,1-3,8-9,11H2,(H,19,20). The highest BCUT2D eigenvalue weighted by Gasteiger charge is 2.31. The smallest absolute Gasteiger partial charge is 0.227 e. The van der Waals surface area contributed by atoms with Gasteiger partial charge in [0.2, 0.25) is 5.91 Å². The number of nitrogens with one attached hydrogen (secondary N) is 1. The van der Waals surface area contributed by atoms with E-state index in [0.29, 0.717) is 0 Å². The number of pyridine rings is 1. The first-order chi connectivity index (χ1) is 10.2. The summed E-state index contributed by atoms with van der Waals surface area (Å²) in [5.41, 5.74) is -0.0478. The molecule has 110 valence electrons. The fourth-order valence-corrected chi connectivity index (χ4v) is 3.11. The van der Waals surface area contributed by atoms with E-state index in [0.717, 1.165) is 48.6 Å². The summed E-state index contributed by atoms with van der Waals surface area (Å²) in [5, 5.41) is 15.4. The number of carbonyl (C=O) groups excluding carboxylic acids is 1. The highest BCUT2D eigenvalue weighted by atomic mass is 16.3. The number of rotatable bonds is 3. The molecule has 0 atom stereocenters. The largest absolute Gasteiger partial charge is 0.389 e. The van der Waals surface area contributed by atoms with E-state index in [2.05, 4.69) is 10.3 Å². The van der Waals surface area contributed by atoms with Crippen molar-refractivity contribution >= 4 is 22.4 Å². The van der Waals surface area contributed by atoms with Crippen molar-refractivity contribution in [2.45, 2.75) is 44.1 Å². The summed E-state index contributed by atoms with van der Waals surface area (Å²) in [7, 11) is 0. The fraction of sp³-hybridized carbons (Fsp3) is 0.412. The summed E-state index contributed by atoms with van der Waals surface area (Å²) >= 11 is 0. The molecule has 1 fully saturated rings. The number of anilines is 1. The molecule has 1 aromatic heterocycles. The maximum atomic E-state index is 12.2. The Kier molecular flexibility index (Phi) is 3.88. The van der Waals surface area contributed by atoms with Crippen LogP contribution < -0.4 is 5.32 Å². The van der Waals surface area contributed by atoms with E-state index in [1.807, 2.05) is 24.3 Å². The zero-order valence-corrected chi connectivity index (χ0v) is 12.0. The number of nitrogens with zero attached hydrogens (tertiary/aromatic N) is 1. The third-order valence-corrected chi connectivity index (χ3v) is 4.23. The molecule has 1 aromatic carbocycles. The minimum absolute atomic E-state index is 0.122. The Morgan fingerprint density at radius 3 is 2.86 bits per heavy atom. The minimum Gasteiger partial charge on any atom is -0.389 e. The molecule has 0 unspecified atom stereocenters. The zero-order valence-electron chi connectivity index (χ0n) is 12.0. The van der Waals surface area contributed by atoms with Gasteiger partial charge in [0.15, 0.2) is 0 Å². The van der Waals surface area contributed by atoms with Crippen LogP contribution in [0.4, 0.5) is 5.69 Å². The highest BCUT2D eigenvalue weighted by molar-refractivity contribution is 6.02. The van der Waals surface area contributed by atoms with E-state index in [9.17, 15) is 9.90 Å². The molecule has 0 spiro atoms. The predicted molar refractivity (Wildman–Crippen MR) is 83.0 cm³/mol. The zero-order chi connectivity index (χ0) is 14.7. The lowest BCUT2D eigenvalue weighted by atomic mass is 9.82. The molecular weight excluding hydrogens is 264 g/mol. The number of aliphatic hydroxyl groups is 1. The number of carbonyl (C=O) groups is 1. The van der Waals surface area contributed by atoms with Gasteiger partial charge in [-0.3, -0.25) is 9.78 Å². The van der Waals surface area contributed by atoms with Crippen LogP contribution in [0.25, 0.3) is 10.8 Å². The highest BCUT2D eigenvalue weighted by Crippen LogP contribution is 2.31. The first-order valence-electron chi connectivity index (χ1n) is 7.51. The summed E-state index contributed by atoms with van der Waals surface area (Å²) in [6.07, 6.45) is 8.27. The van der Waals surface area contributed by atoms with Gasteiger partial charge in [0.25, 0.3) is 0 Å². The van der Waals surface area contributed by atoms with E-state index in [4.69, 9.17) is 0 Å². The minimum atomic E-state index is -0.825. The molecule has 1 aliphatic carbocycles. The number of hydrogen-bond acceptors (Lipinski definition) is 3. The average molecular weight is 284 g/mol. The van der Waals surface area contributed by atoms with Crippen LogP contribution in [0.1, 0.15) is 38.5 Å². The predicted octanol–water partition coefficient (Wildman–Crippen LogP) is 3.26. The van der Waals surface area contributed by atoms with Crippen LogP contribution in [0, 0.1) is 0 Å². The summed E-state index contributed by atoms with van der Waals surface area (Å²) in [6.45, 7) is 0. The lowest BCUT2D eigenvalue weighted by Gasteiger charge is -2.31. The summed E-state index contributed by atoms with van der Waals surface area (Å²) in [5.74, 6) is -0.122. The molecule has 2 aromatic rings. The van der Waals surface area contributed by atoms with Gasteiger partial charge in [0.05, 0.1) is 12.0 Å². The average Bonchev–Trinajstić information content (AvgIpc) is 2.48. The summed E-state index contributed by atoms with van der Waals surface area (Å²) < 4.78 is 0. The first kappa shape index (κ1) is 14.0. The van der Waals surface area contributed by atoms with Gasteiger partial charge in [-0.1, -0.05) is 31.4 Å². The third kappa shape index (κ3) is 3.22. The molecule has 1 saturated carbocycles. The van der Waals surface area contributed by atoms with Crippen LogP contribution in [0.2, 0.25) is 0 Å². The van der Waals surface area contributed by atoms with Crippen molar-refractivity contribution in [1.29, 1.82) is 0 Å². The van der Waals surface area contributed by atoms with E-state index in [-0.39, 0.29) is 12.3 Å². The Bertz CT molecular complexity index is 643. The maximum Gasteiger partial charge on any atom is 0.227 e. The number of benzene rings is 1. The van der Waals surface area contributed by atoms with E-state index >= 15 is 0 Å². The normalized spacial score (nSPS) is 17.6. The molecule has 3 rings (SSSR count). The SMILES string of the molecule is O=C(CC1(O)CCCCC1)Nc1cccc2cnccc12. The first-order valence-corrected chi connectivity index (χ1v) is 7.51. The van der Waals surface area contributed by atoms with Gasteiger partial charge in [0.1, 0.15) is 0 Å². The fourth-order valence-electron chi connectivity index (χ4n) is 3.11.